The number of hydrogen-bond acceptors (Lipinski definition) is 5. The quantitative estimate of drug-likeness (QED) is 0.567. The highest BCUT2D eigenvalue weighted by molar-refractivity contribution is 5.98. The number of aromatic nitrogens is 2. The smallest absolute Gasteiger partial charge is 0.309 e. The second-order valence-corrected chi connectivity index (χ2v) is 8.91. The molecule has 3 rings (SSSR count). The first-order chi connectivity index (χ1) is 13.7. The number of imidazole rings is 1. The van der Waals surface area contributed by atoms with E-state index in [1.165, 1.54) is 7.11 Å². The van der Waals surface area contributed by atoms with Crippen LogP contribution >= 0.6 is 0 Å². The van der Waals surface area contributed by atoms with Gasteiger partial charge in [0.2, 0.25) is 0 Å². The first-order valence-corrected chi connectivity index (χ1v) is 10.2. The number of carbonyl (C=O) groups is 2. The normalized spacial score (nSPS) is 16.0. The number of carbonyl (C=O) groups excluding carboxylic acids is 2. The van der Waals surface area contributed by atoms with Crippen molar-refractivity contribution in [2.75, 3.05) is 20.7 Å². The van der Waals surface area contributed by atoms with Crippen molar-refractivity contribution in [2.45, 2.75) is 46.7 Å². The molecule has 0 bridgehead atoms. The molecule has 0 aliphatic carbocycles. The van der Waals surface area contributed by atoms with Crippen LogP contribution in [-0.4, -0.2) is 46.9 Å². The Morgan fingerprint density at radius 1 is 1.17 bits per heavy atom. The fourth-order valence-electron chi connectivity index (χ4n) is 3.92. The monoisotopic (exact) mass is 397 g/mol. The lowest BCUT2D eigenvalue weighted by Gasteiger charge is -2.27. The minimum absolute atomic E-state index is 0.0954. The van der Waals surface area contributed by atoms with Crippen LogP contribution in [0.3, 0.4) is 0 Å². The van der Waals surface area contributed by atoms with Crippen LogP contribution in [0.5, 0.6) is 0 Å². The lowest BCUT2D eigenvalue weighted by atomic mass is 9.77. The van der Waals surface area contributed by atoms with Crippen molar-refractivity contribution >= 4 is 11.8 Å². The molecule has 0 amide bonds. The van der Waals surface area contributed by atoms with Gasteiger partial charge in [0.05, 0.1) is 18.7 Å². The van der Waals surface area contributed by atoms with Crippen molar-refractivity contribution in [3.63, 3.8) is 0 Å². The topological polar surface area (TPSA) is 64.4 Å². The van der Waals surface area contributed by atoms with E-state index in [2.05, 4.69) is 16.5 Å². The summed E-state index contributed by atoms with van der Waals surface area (Å²) in [6, 6.07) is 9.97. The molecule has 1 aliphatic rings. The lowest BCUT2D eigenvalue weighted by Crippen LogP contribution is -2.32. The van der Waals surface area contributed by atoms with E-state index in [0.29, 0.717) is 12.2 Å². The Bertz CT molecular complexity index is 881. The summed E-state index contributed by atoms with van der Waals surface area (Å²) in [6.45, 7) is 8.33. The molecule has 2 heterocycles. The number of ketones is 1. The maximum absolute atomic E-state index is 13.4. The van der Waals surface area contributed by atoms with E-state index >= 15 is 0 Å². The summed E-state index contributed by atoms with van der Waals surface area (Å²) in [5.41, 5.74) is 2.04. The fourth-order valence-corrected chi connectivity index (χ4v) is 3.92. The van der Waals surface area contributed by atoms with Crippen molar-refractivity contribution in [1.82, 2.24) is 14.5 Å². The van der Waals surface area contributed by atoms with E-state index in [1.54, 1.807) is 0 Å². The predicted molar refractivity (Wildman–Crippen MR) is 113 cm³/mol. The molecule has 6 nitrogen and oxygen atoms in total. The number of rotatable bonds is 5. The molecule has 2 aromatic rings. The number of esters is 1. The number of benzene rings is 1. The van der Waals surface area contributed by atoms with Crippen molar-refractivity contribution in [3.8, 4) is 11.4 Å². The molecule has 1 atom stereocenters. The summed E-state index contributed by atoms with van der Waals surface area (Å²) in [5, 5.41) is 0. The third-order valence-corrected chi connectivity index (χ3v) is 5.63. The molecular weight excluding hydrogens is 366 g/mol. The average molecular weight is 398 g/mol. The van der Waals surface area contributed by atoms with E-state index in [4.69, 9.17) is 9.72 Å². The number of ether oxygens (including phenoxy) is 1. The van der Waals surface area contributed by atoms with Crippen molar-refractivity contribution < 1.29 is 14.3 Å². The van der Waals surface area contributed by atoms with E-state index in [0.717, 1.165) is 36.6 Å². The molecule has 0 fully saturated rings. The Kier molecular flexibility index (Phi) is 6.22. The second kappa shape index (κ2) is 8.49. The van der Waals surface area contributed by atoms with Crippen LogP contribution in [-0.2, 0) is 22.6 Å². The Balaban J connectivity index is 2.03. The van der Waals surface area contributed by atoms with E-state index in [-0.39, 0.29) is 23.6 Å². The molecule has 156 valence electrons. The average Bonchev–Trinajstić information content (AvgIpc) is 2.92. The van der Waals surface area contributed by atoms with Crippen LogP contribution in [0, 0.1) is 11.3 Å². The molecule has 1 aliphatic heterocycles. The second-order valence-electron chi connectivity index (χ2n) is 8.91. The zero-order valence-corrected chi connectivity index (χ0v) is 18.1. The summed E-state index contributed by atoms with van der Waals surface area (Å²) in [6.07, 6.45) is 1.10. The van der Waals surface area contributed by atoms with E-state index in [9.17, 15) is 9.59 Å². The first-order valence-electron chi connectivity index (χ1n) is 10.2. The van der Waals surface area contributed by atoms with Crippen LogP contribution < -0.4 is 0 Å². The van der Waals surface area contributed by atoms with E-state index < -0.39 is 5.92 Å². The Morgan fingerprint density at radius 2 is 1.86 bits per heavy atom. The van der Waals surface area contributed by atoms with Crippen LogP contribution in [0.4, 0.5) is 0 Å². The van der Waals surface area contributed by atoms with Crippen molar-refractivity contribution in [1.29, 1.82) is 0 Å². The SMILES string of the molecule is COC(=O)[C@@H](CC(=O)c1nc(-c2ccccc2)n2c1CN(C)CCC2)C(C)(C)C. The standard InChI is InChI=1S/C23H31N3O3/c1-23(2,3)17(22(28)29-5)14-19(27)20-18-15-25(4)12-9-13-26(18)21(24-20)16-10-7-6-8-11-16/h6-8,10-11,17H,9,12-15H2,1-5H3/t17-/m1/s1. The maximum atomic E-state index is 13.4. The van der Waals surface area contributed by atoms with Crippen LogP contribution in [0.25, 0.3) is 11.4 Å². The van der Waals surface area contributed by atoms with Gasteiger partial charge in [-0.1, -0.05) is 51.1 Å². The molecule has 0 radical (unpaired) electrons. The van der Waals surface area contributed by atoms with Gasteiger partial charge in [0, 0.05) is 25.1 Å². The molecular formula is C23H31N3O3. The van der Waals surface area contributed by atoms with Crippen LogP contribution in [0.1, 0.15) is 49.8 Å². The number of Topliss-reactive ketones (excluding diaryl/α,β-unsaturated/α-hetero) is 1. The summed E-state index contributed by atoms with van der Waals surface area (Å²) < 4.78 is 7.15. The van der Waals surface area contributed by atoms with Crippen LogP contribution in [0.15, 0.2) is 30.3 Å². The molecule has 6 heteroatoms. The van der Waals surface area contributed by atoms with Gasteiger partial charge in [-0.15, -0.1) is 0 Å². The minimum Gasteiger partial charge on any atom is -0.469 e. The summed E-state index contributed by atoms with van der Waals surface area (Å²) in [5.74, 6) is -0.140. The highest BCUT2D eigenvalue weighted by Crippen LogP contribution is 2.33. The minimum atomic E-state index is -0.513. The third kappa shape index (κ3) is 4.58. The van der Waals surface area contributed by atoms with Crippen LogP contribution in [0.2, 0.25) is 0 Å². The Labute approximate surface area is 172 Å². The largest absolute Gasteiger partial charge is 0.469 e. The molecule has 1 aromatic heterocycles. The molecule has 0 saturated heterocycles. The number of nitrogens with zero attached hydrogens (tertiary/aromatic N) is 3. The number of methoxy groups -OCH3 is 1. The highest BCUT2D eigenvalue weighted by Gasteiger charge is 2.36. The molecule has 0 spiro atoms. The van der Waals surface area contributed by atoms with E-state index in [1.807, 2.05) is 51.1 Å². The van der Waals surface area contributed by atoms with Crippen molar-refractivity contribution in [3.05, 3.63) is 41.7 Å². The summed E-state index contributed by atoms with van der Waals surface area (Å²) in [4.78, 5) is 32.7. The lowest BCUT2D eigenvalue weighted by molar-refractivity contribution is -0.149. The van der Waals surface area contributed by atoms with Gasteiger partial charge in [-0.25, -0.2) is 4.98 Å². The molecule has 0 unspecified atom stereocenters. The van der Waals surface area contributed by atoms with Gasteiger partial charge in [-0.2, -0.15) is 0 Å². The summed E-state index contributed by atoms with van der Waals surface area (Å²) in [7, 11) is 3.43. The predicted octanol–water partition coefficient (Wildman–Crippen LogP) is 3.79. The Morgan fingerprint density at radius 3 is 2.48 bits per heavy atom. The van der Waals surface area contributed by atoms with Gasteiger partial charge in [-0.3, -0.25) is 9.59 Å². The van der Waals surface area contributed by atoms with Gasteiger partial charge in [0.1, 0.15) is 11.5 Å². The van der Waals surface area contributed by atoms with Gasteiger partial charge < -0.3 is 14.2 Å². The fraction of sp³-hybridized carbons (Fsp3) is 0.522. The zero-order chi connectivity index (χ0) is 21.2. The summed E-state index contributed by atoms with van der Waals surface area (Å²) >= 11 is 0. The maximum Gasteiger partial charge on any atom is 0.309 e. The van der Waals surface area contributed by atoms with Gasteiger partial charge in [0.15, 0.2) is 5.78 Å². The number of fused-ring (bicyclic) bond motifs is 1. The third-order valence-electron chi connectivity index (χ3n) is 5.63. The molecule has 29 heavy (non-hydrogen) atoms. The van der Waals surface area contributed by atoms with Gasteiger partial charge in [-0.05, 0) is 25.4 Å². The highest BCUT2D eigenvalue weighted by atomic mass is 16.5. The zero-order valence-electron chi connectivity index (χ0n) is 18.1. The van der Waals surface area contributed by atoms with Gasteiger partial charge >= 0.3 is 5.97 Å². The van der Waals surface area contributed by atoms with Crippen molar-refractivity contribution in [2.24, 2.45) is 11.3 Å². The number of hydrogen-bond donors (Lipinski definition) is 0. The molecule has 0 saturated carbocycles. The molecule has 1 aromatic carbocycles. The molecule has 0 N–H and O–H groups in total. The Hall–Kier alpha value is -2.47. The van der Waals surface area contributed by atoms with Gasteiger partial charge in [0.25, 0.3) is 0 Å². The first kappa shape index (κ1) is 21.2.